The van der Waals surface area contributed by atoms with Crippen LogP contribution in [0.1, 0.15) is 13.8 Å². The van der Waals surface area contributed by atoms with Gasteiger partial charge in [-0.15, -0.1) is 10.2 Å². The molecule has 3 rings (SSSR count). The Morgan fingerprint density at radius 3 is 2.61 bits per heavy atom. The van der Waals surface area contributed by atoms with E-state index in [2.05, 4.69) is 20.1 Å². The third kappa shape index (κ3) is 4.98. The van der Waals surface area contributed by atoms with Gasteiger partial charge in [-0.05, 0) is 43.3 Å². The number of hydrogen-bond acceptors (Lipinski definition) is 7. The molecule has 0 aliphatic rings. The topological polar surface area (TPSA) is 67.2 Å². The van der Waals surface area contributed by atoms with Crippen LogP contribution >= 0.6 is 34.5 Å². The van der Waals surface area contributed by atoms with Crippen molar-refractivity contribution in [1.82, 2.24) is 4.98 Å². The first-order valence-electron chi connectivity index (χ1n) is 8.62. The lowest BCUT2D eigenvalue weighted by Gasteiger charge is -2.22. The molecule has 28 heavy (non-hydrogen) atoms. The van der Waals surface area contributed by atoms with E-state index in [1.807, 2.05) is 37.3 Å². The predicted molar refractivity (Wildman–Crippen MR) is 115 cm³/mol. The lowest BCUT2D eigenvalue weighted by molar-refractivity contribution is -0.140. The standard InChI is InChI=1S/C19H18Cl2N4O2S/c1-3-25(10-11-27-12(2)26)14-6-4-13(5-7-14)23-24-19-22-16-9-8-15(20)17(21)18(16)28-19/h4-9H,3,10-11H2,1-2H3. The molecule has 9 heteroatoms. The van der Waals surface area contributed by atoms with E-state index in [0.29, 0.717) is 34.0 Å². The second-order valence-corrected chi connectivity index (χ2v) is 7.60. The van der Waals surface area contributed by atoms with E-state index in [4.69, 9.17) is 27.9 Å². The van der Waals surface area contributed by atoms with Crippen LogP contribution in [0.25, 0.3) is 10.2 Å². The van der Waals surface area contributed by atoms with Gasteiger partial charge in [-0.3, -0.25) is 4.79 Å². The molecule has 0 unspecified atom stereocenters. The Bertz CT molecular complexity index is 1010. The highest BCUT2D eigenvalue weighted by atomic mass is 35.5. The number of likely N-dealkylation sites (N-methyl/N-ethyl adjacent to an activating group) is 1. The number of anilines is 1. The van der Waals surface area contributed by atoms with Crippen LogP contribution in [0.5, 0.6) is 0 Å². The fourth-order valence-corrected chi connectivity index (χ4v) is 3.88. The molecule has 0 bridgehead atoms. The Hall–Kier alpha value is -2.22. The van der Waals surface area contributed by atoms with Crippen LogP contribution in [-0.2, 0) is 9.53 Å². The summed E-state index contributed by atoms with van der Waals surface area (Å²) < 4.78 is 5.81. The van der Waals surface area contributed by atoms with Crippen LogP contribution in [0, 0.1) is 0 Å². The lowest BCUT2D eigenvalue weighted by Crippen LogP contribution is -2.27. The average molecular weight is 437 g/mol. The molecule has 1 heterocycles. The minimum Gasteiger partial charge on any atom is -0.464 e. The molecule has 0 aliphatic heterocycles. The van der Waals surface area contributed by atoms with Crippen LogP contribution in [-0.4, -0.2) is 30.6 Å². The van der Waals surface area contributed by atoms with Gasteiger partial charge >= 0.3 is 5.97 Å². The van der Waals surface area contributed by atoms with Crippen molar-refractivity contribution >= 4 is 67.2 Å². The van der Waals surface area contributed by atoms with Gasteiger partial charge in [0.25, 0.3) is 0 Å². The zero-order valence-electron chi connectivity index (χ0n) is 15.4. The zero-order valence-corrected chi connectivity index (χ0v) is 17.7. The Kier molecular flexibility index (Phi) is 6.83. The number of benzene rings is 2. The van der Waals surface area contributed by atoms with Crippen molar-refractivity contribution in [1.29, 1.82) is 0 Å². The van der Waals surface area contributed by atoms with Crippen molar-refractivity contribution in [2.24, 2.45) is 10.2 Å². The summed E-state index contributed by atoms with van der Waals surface area (Å²) in [6, 6.07) is 11.2. The van der Waals surface area contributed by atoms with E-state index in [-0.39, 0.29) is 5.97 Å². The number of fused-ring (bicyclic) bond motifs is 1. The second kappa shape index (κ2) is 9.32. The van der Waals surface area contributed by atoms with Gasteiger partial charge in [0.2, 0.25) is 5.13 Å². The maximum atomic E-state index is 10.9. The normalized spacial score (nSPS) is 11.3. The highest BCUT2D eigenvalue weighted by molar-refractivity contribution is 7.22. The number of halogens is 2. The summed E-state index contributed by atoms with van der Waals surface area (Å²) in [5.41, 5.74) is 2.48. The highest BCUT2D eigenvalue weighted by Gasteiger charge is 2.10. The Morgan fingerprint density at radius 2 is 1.93 bits per heavy atom. The van der Waals surface area contributed by atoms with E-state index in [0.717, 1.165) is 22.4 Å². The summed E-state index contributed by atoms with van der Waals surface area (Å²) in [6.45, 7) is 5.24. The van der Waals surface area contributed by atoms with Crippen LogP contribution in [0.4, 0.5) is 16.5 Å². The first kappa shape index (κ1) is 20.5. The Morgan fingerprint density at radius 1 is 1.18 bits per heavy atom. The highest BCUT2D eigenvalue weighted by Crippen LogP contribution is 2.37. The first-order valence-corrected chi connectivity index (χ1v) is 10.2. The molecule has 2 aromatic carbocycles. The average Bonchev–Trinajstić information content (AvgIpc) is 3.11. The SMILES string of the molecule is CCN(CCOC(C)=O)c1ccc(N=Nc2nc3ccc(Cl)c(Cl)c3s2)cc1. The monoisotopic (exact) mass is 436 g/mol. The molecule has 0 N–H and O–H groups in total. The summed E-state index contributed by atoms with van der Waals surface area (Å²) in [7, 11) is 0. The quantitative estimate of drug-likeness (QED) is 0.317. The number of rotatable bonds is 7. The van der Waals surface area contributed by atoms with Gasteiger partial charge in [-0.2, -0.15) is 0 Å². The van der Waals surface area contributed by atoms with E-state index >= 15 is 0 Å². The molecular formula is C19H18Cl2N4O2S. The third-order valence-electron chi connectivity index (χ3n) is 3.95. The number of carbonyl (C=O) groups is 1. The summed E-state index contributed by atoms with van der Waals surface area (Å²) in [4.78, 5) is 17.4. The second-order valence-electron chi connectivity index (χ2n) is 5.84. The number of carbonyl (C=O) groups excluding carboxylic acids is 1. The third-order valence-corrected chi connectivity index (χ3v) is 5.84. The van der Waals surface area contributed by atoms with Crippen LogP contribution in [0.2, 0.25) is 10.0 Å². The van der Waals surface area contributed by atoms with Crippen molar-refractivity contribution in [2.45, 2.75) is 13.8 Å². The summed E-state index contributed by atoms with van der Waals surface area (Å²) >= 11 is 13.6. The summed E-state index contributed by atoms with van der Waals surface area (Å²) in [6.07, 6.45) is 0. The molecule has 0 atom stereocenters. The van der Waals surface area contributed by atoms with Gasteiger partial charge in [0.05, 0.1) is 32.5 Å². The fourth-order valence-electron chi connectivity index (χ4n) is 2.57. The van der Waals surface area contributed by atoms with Crippen LogP contribution in [0.15, 0.2) is 46.6 Å². The van der Waals surface area contributed by atoms with Gasteiger partial charge < -0.3 is 9.64 Å². The molecule has 146 valence electrons. The number of ether oxygens (including phenoxy) is 1. The minimum atomic E-state index is -0.273. The van der Waals surface area contributed by atoms with E-state index < -0.39 is 0 Å². The van der Waals surface area contributed by atoms with Gasteiger partial charge in [0, 0.05) is 19.2 Å². The number of nitrogens with zero attached hydrogens (tertiary/aromatic N) is 4. The summed E-state index contributed by atoms with van der Waals surface area (Å²) in [5.74, 6) is -0.273. The molecule has 0 spiro atoms. The summed E-state index contributed by atoms with van der Waals surface area (Å²) in [5, 5.41) is 9.94. The predicted octanol–water partition coefficient (Wildman–Crippen LogP) is 6.41. The molecule has 1 aromatic heterocycles. The molecule has 3 aromatic rings. The van der Waals surface area contributed by atoms with Crippen LogP contribution < -0.4 is 4.90 Å². The molecule has 0 saturated carbocycles. The van der Waals surface area contributed by atoms with E-state index in [1.165, 1.54) is 18.3 Å². The largest absolute Gasteiger partial charge is 0.464 e. The molecular weight excluding hydrogens is 419 g/mol. The van der Waals surface area contributed by atoms with Gasteiger partial charge in [0.1, 0.15) is 6.61 Å². The molecule has 6 nitrogen and oxygen atoms in total. The molecule has 0 aliphatic carbocycles. The number of hydrogen-bond donors (Lipinski definition) is 0. The number of aromatic nitrogens is 1. The number of thiazole rings is 1. The van der Waals surface area contributed by atoms with Crippen molar-refractivity contribution in [3.05, 3.63) is 46.4 Å². The Labute approximate surface area is 176 Å². The fraction of sp³-hybridized carbons (Fsp3) is 0.263. The van der Waals surface area contributed by atoms with Crippen molar-refractivity contribution < 1.29 is 9.53 Å². The van der Waals surface area contributed by atoms with Gasteiger partial charge in [-0.1, -0.05) is 34.5 Å². The maximum Gasteiger partial charge on any atom is 0.302 e. The molecule has 0 radical (unpaired) electrons. The molecule has 0 saturated heterocycles. The number of azo groups is 1. The van der Waals surface area contributed by atoms with E-state index in [1.54, 1.807) is 6.07 Å². The lowest BCUT2D eigenvalue weighted by atomic mass is 10.2. The van der Waals surface area contributed by atoms with Gasteiger partial charge in [-0.25, -0.2) is 4.98 Å². The number of esters is 1. The molecule has 0 amide bonds. The zero-order chi connectivity index (χ0) is 20.1. The van der Waals surface area contributed by atoms with E-state index in [9.17, 15) is 4.79 Å². The maximum absolute atomic E-state index is 10.9. The Balaban J connectivity index is 1.69. The molecule has 0 fully saturated rings. The minimum absolute atomic E-state index is 0.273. The van der Waals surface area contributed by atoms with Crippen molar-refractivity contribution in [3.63, 3.8) is 0 Å². The van der Waals surface area contributed by atoms with Crippen molar-refractivity contribution in [2.75, 3.05) is 24.6 Å². The first-order chi connectivity index (χ1) is 13.5. The van der Waals surface area contributed by atoms with Crippen LogP contribution in [0.3, 0.4) is 0 Å². The smallest absolute Gasteiger partial charge is 0.302 e. The van der Waals surface area contributed by atoms with Crippen molar-refractivity contribution in [3.8, 4) is 0 Å². The van der Waals surface area contributed by atoms with Gasteiger partial charge in [0.15, 0.2) is 0 Å².